The topological polar surface area (TPSA) is 49.4 Å². The number of likely N-dealkylation sites (N-methyl/N-ethyl adjacent to an activating group) is 1. The number of rotatable bonds is 4. The van der Waals surface area contributed by atoms with Gasteiger partial charge in [-0.3, -0.25) is 9.59 Å². The van der Waals surface area contributed by atoms with Crippen LogP contribution in [0.1, 0.15) is 15.9 Å². The maximum Gasteiger partial charge on any atom is 0.418 e. The third-order valence-corrected chi connectivity index (χ3v) is 4.05. The van der Waals surface area contributed by atoms with Gasteiger partial charge >= 0.3 is 6.18 Å². The average molecular weight is 433 g/mol. The van der Waals surface area contributed by atoms with Crippen molar-refractivity contribution in [3.05, 3.63) is 63.9 Å². The quantitative estimate of drug-likeness (QED) is 0.731. The number of nitrogens with one attached hydrogen (secondary N) is 1. The van der Waals surface area contributed by atoms with E-state index in [1.165, 1.54) is 25.2 Å². The second-order valence-corrected chi connectivity index (χ2v) is 6.23. The molecule has 0 aliphatic rings. The molecule has 0 fully saturated rings. The Hall–Kier alpha value is -2.42. The summed E-state index contributed by atoms with van der Waals surface area (Å²) in [5.74, 6) is -1.93. The molecule has 138 valence electrons. The van der Waals surface area contributed by atoms with Crippen LogP contribution < -0.4 is 5.32 Å². The van der Waals surface area contributed by atoms with Gasteiger partial charge in [-0.1, -0.05) is 12.1 Å². The number of carbonyl (C=O) groups is 2. The minimum Gasteiger partial charge on any atom is -0.332 e. The highest BCUT2D eigenvalue weighted by Gasteiger charge is 2.33. The second-order valence-electron chi connectivity index (χ2n) is 5.38. The molecule has 2 aromatic carbocycles. The molecule has 1 N–H and O–H groups in total. The van der Waals surface area contributed by atoms with Crippen molar-refractivity contribution in [2.45, 2.75) is 6.18 Å². The highest BCUT2D eigenvalue weighted by atomic mass is 79.9. The number of halogens is 5. The molecule has 9 heteroatoms. The number of amides is 2. The van der Waals surface area contributed by atoms with E-state index in [0.717, 1.165) is 29.2 Å². The van der Waals surface area contributed by atoms with Gasteiger partial charge in [0.05, 0.1) is 23.4 Å². The SMILES string of the molecule is CN(CC(=O)Nc1ccccc1C(F)(F)F)C(=O)c1ccc(F)cc1Br. The van der Waals surface area contributed by atoms with Gasteiger partial charge in [-0.2, -0.15) is 13.2 Å². The zero-order chi connectivity index (χ0) is 19.5. The Kier molecular flexibility index (Phi) is 6.01. The van der Waals surface area contributed by atoms with Gasteiger partial charge in [0.2, 0.25) is 5.91 Å². The molecule has 0 bridgehead atoms. The van der Waals surface area contributed by atoms with Crippen LogP contribution >= 0.6 is 15.9 Å². The van der Waals surface area contributed by atoms with E-state index >= 15 is 0 Å². The molecule has 26 heavy (non-hydrogen) atoms. The van der Waals surface area contributed by atoms with Crippen LogP contribution in [-0.4, -0.2) is 30.3 Å². The van der Waals surface area contributed by atoms with Gasteiger partial charge in [-0.15, -0.1) is 0 Å². The number of nitrogens with zero attached hydrogens (tertiary/aromatic N) is 1. The maximum absolute atomic E-state index is 13.1. The molecule has 0 saturated carbocycles. The van der Waals surface area contributed by atoms with Crippen molar-refractivity contribution in [3.8, 4) is 0 Å². The molecule has 2 amide bonds. The van der Waals surface area contributed by atoms with Crippen molar-refractivity contribution >= 4 is 33.4 Å². The number of alkyl halides is 3. The monoisotopic (exact) mass is 432 g/mol. The van der Waals surface area contributed by atoms with E-state index in [0.29, 0.717) is 0 Å². The van der Waals surface area contributed by atoms with E-state index in [1.54, 1.807) is 0 Å². The van der Waals surface area contributed by atoms with Crippen molar-refractivity contribution in [2.75, 3.05) is 18.9 Å². The van der Waals surface area contributed by atoms with Gasteiger partial charge in [0.15, 0.2) is 0 Å². The van der Waals surface area contributed by atoms with E-state index in [-0.39, 0.29) is 10.0 Å². The highest BCUT2D eigenvalue weighted by molar-refractivity contribution is 9.10. The molecule has 0 heterocycles. The summed E-state index contributed by atoms with van der Waals surface area (Å²) in [6, 6.07) is 7.97. The fourth-order valence-electron chi connectivity index (χ4n) is 2.18. The van der Waals surface area contributed by atoms with Crippen LogP contribution in [0.2, 0.25) is 0 Å². The fourth-order valence-corrected chi connectivity index (χ4v) is 2.71. The van der Waals surface area contributed by atoms with Gasteiger partial charge in [0.25, 0.3) is 5.91 Å². The standard InChI is InChI=1S/C17H13BrF4N2O2/c1-24(16(26)11-7-6-10(19)8-13(11)18)9-15(25)23-14-5-3-2-4-12(14)17(20,21)22/h2-8H,9H2,1H3,(H,23,25). The lowest BCUT2D eigenvalue weighted by Crippen LogP contribution is -2.35. The molecule has 0 aliphatic carbocycles. The summed E-state index contributed by atoms with van der Waals surface area (Å²) < 4.78 is 52.1. The molecule has 2 rings (SSSR count). The van der Waals surface area contributed by atoms with Crippen LogP contribution in [0.4, 0.5) is 23.2 Å². The summed E-state index contributed by atoms with van der Waals surface area (Å²) in [5.41, 5.74) is -1.25. The zero-order valence-electron chi connectivity index (χ0n) is 13.4. The van der Waals surface area contributed by atoms with Crippen LogP contribution in [0.5, 0.6) is 0 Å². The lowest BCUT2D eigenvalue weighted by Gasteiger charge is -2.19. The third-order valence-electron chi connectivity index (χ3n) is 3.40. The van der Waals surface area contributed by atoms with Gasteiger partial charge in [0.1, 0.15) is 5.82 Å². The van der Waals surface area contributed by atoms with Gasteiger partial charge < -0.3 is 10.2 Å². The maximum atomic E-state index is 13.1. The Bertz CT molecular complexity index is 840. The van der Waals surface area contributed by atoms with E-state index < -0.39 is 41.6 Å². The number of carbonyl (C=O) groups excluding carboxylic acids is 2. The summed E-state index contributed by atoms with van der Waals surface area (Å²) in [4.78, 5) is 25.4. The Labute approximate surface area is 154 Å². The van der Waals surface area contributed by atoms with Crippen LogP contribution in [0.3, 0.4) is 0 Å². The Balaban J connectivity index is 2.09. The van der Waals surface area contributed by atoms with E-state index in [1.807, 2.05) is 0 Å². The molecular formula is C17H13BrF4N2O2. The largest absolute Gasteiger partial charge is 0.418 e. The molecule has 4 nitrogen and oxygen atoms in total. The van der Waals surface area contributed by atoms with Crippen LogP contribution in [0, 0.1) is 5.82 Å². The van der Waals surface area contributed by atoms with Crippen molar-refractivity contribution in [1.82, 2.24) is 4.90 Å². The predicted octanol–water partition coefficient (Wildman–Crippen LogP) is 4.32. The first-order chi connectivity index (χ1) is 12.1. The van der Waals surface area contributed by atoms with Crippen molar-refractivity contribution < 1.29 is 27.2 Å². The molecule has 2 aromatic rings. The molecule has 0 aliphatic heterocycles. The summed E-state index contributed by atoms with van der Waals surface area (Å²) in [5, 5.41) is 2.15. The molecule has 0 unspecified atom stereocenters. The van der Waals surface area contributed by atoms with E-state index in [2.05, 4.69) is 21.2 Å². The average Bonchev–Trinajstić information content (AvgIpc) is 2.53. The lowest BCUT2D eigenvalue weighted by molar-refractivity contribution is -0.137. The van der Waals surface area contributed by atoms with Crippen molar-refractivity contribution in [1.29, 1.82) is 0 Å². The normalized spacial score (nSPS) is 11.2. The lowest BCUT2D eigenvalue weighted by atomic mass is 10.1. The number of para-hydroxylation sites is 1. The minimum absolute atomic E-state index is 0.123. The molecule has 0 aromatic heterocycles. The third kappa shape index (κ3) is 4.81. The van der Waals surface area contributed by atoms with Gasteiger partial charge in [-0.25, -0.2) is 4.39 Å². The Morgan fingerprint density at radius 1 is 1.15 bits per heavy atom. The number of anilines is 1. The highest BCUT2D eigenvalue weighted by Crippen LogP contribution is 2.34. The predicted molar refractivity (Wildman–Crippen MR) is 91.1 cm³/mol. The van der Waals surface area contributed by atoms with E-state index in [9.17, 15) is 27.2 Å². The first-order valence-electron chi connectivity index (χ1n) is 7.26. The number of hydrogen-bond acceptors (Lipinski definition) is 2. The van der Waals surface area contributed by atoms with Crippen LogP contribution in [-0.2, 0) is 11.0 Å². The first-order valence-corrected chi connectivity index (χ1v) is 8.05. The smallest absolute Gasteiger partial charge is 0.332 e. The van der Waals surface area contributed by atoms with Gasteiger partial charge in [0, 0.05) is 11.5 Å². The molecule has 0 spiro atoms. The van der Waals surface area contributed by atoms with E-state index in [4.69, 9.17) is 0 Å². The molecular weight excluding hydrogens is 420 g/mol. The van der Waals surface area contributed by atoms with Crippen LogP contribution in [0.15, 0.2) is 46.9 Å². The summed E-state index contributed by atoms with van der Waals surface area (Å²) in [7, 11) is 1.31. The Morgan fingerprint density at radius 2 is 1.81 bits per heavy atom. The Morgan fingerprint density at radius 3 is 2.42 bits per heavy atom. The van der Waals surface area contributed by atoms with Crippen molar-refractivity contribution in [3.63, 3.8) is 0 Å². The van der Waals surface area contributed by atoms with Crippen molar-refractivity contribution in [2.24, 2.45) is 0 Å². The molecule has 0 radical (unpaired) electrons. The summed E-state index contributed by atoms with van der Waals surface area (Å²) >= 11 is 3.05. The zero-order valence-corrected chi connectivity index (χ0v) is 15.0. The van der Waals surface area contributed by atoms with Gasteiger partial charge in [-0.05, 0) is 46.3 Å². The minimum atomic E-state index is -4.62. The second kappa shape index (κ2) is 7.86. The number of benzene rings is 2. The molecule has 0 atom stereocenters. The van der Waals surface area contributed by atoms with Crippen LogP contribution in [0.25, 0.3) is 0 Å². The molecule has 0 saturated heterocycles. The fraction of sp³-hybridized carbons (Fsp3) is 0.176. The number of hydrogen-bond donors (Lipinski definition) is 1. The summed E-state index contributed by atoms with van der Waals surface area (Å²) in [6.45, 7) is -0.477. The summed E-state index contributed by atoms with van der Waals surface area (Å²) in [6.07, 6.45) is -4.62. The first kappa shape index (κ1) is 19.9.